The molecule has 0 spiro atoms. The average Bonchev–Trinajstić information content (AvgIpc) is 2.78. The van der Waals surface area contributed by atoms with Crippen molar-refractivity contribution < 1.29 is 0 Å². The second-order valence-corrected chi connectivity index (χ2v) is 10.4. The number of benzene rings is 2. The molecule has 0 amide bonds. The van der Waals surface area contributed by atoms with Gasteiger partial charge in [0.2, 0.25) is 0 Å². The van der Waals surface area contributed by atoms with Crippen molar-refractivity contribution in [3.63, 3.8) is 0 Å². The van der Waals surface area contributed by atoms with E-state index in [1.165, 1.54) is 51.8 Å². The number of hydrogen-bond donors (Lipinski definition) is 0. The SMILES string of the molecule is C=C(C)C=C(C)C.C=CC.CC.CCCc1ccc(C)c(CC)c1.Cc1ccc(C(C)(C)C)cc1C. The monoisotopic (exact) mass is 492 g/mol. The van der Waals surface area contributed by atoms with Gasteiger partial charge in [-0.15, -0.1) is 6.58 Å². The summed E-state index contributed by atoms with van der Waals surface area (Å²) in [6, 6.07) is 13.5. The molecule has 0 saturated heterocycles. The van der Waals surface area contributed by atoms with Gasteiger partial charge in [-0.2, -0.15) is 0 Å². The lowest BCUT2D eigenvalue weighted by molar-refractivity contribution is 0.589. The van der Waals surface area contributed by atoms with Crippen LogP contribution in [0.15, 0.2) is 72.9 Å². The van der Waals surface area contributed by atoms with Gasteiger partial charge < -0.3 is 0 Å². The first-order chi connectivity index (χ1) is 16.7. The van der Waals surface area contributed by atoms with Gasteiger partial charge in [0, 0.05) is 0 Å². The van der Waals surface area contributed by atoms with Crippen LogP contribution in [0.1, 0.15) is 116 Å². The van der Waals surface area contributed by atoms with E-state index in [1.54, 1.807) is 6.08 Å². The van der Waals surface area contributed by atoms with Gasteiger partial charge in [-0.05, 0) is 100 Å². The van der Waals surface area contributed by atoms with Crippen LogP contribution in [0.5, 0.6) is 0 Å². The Morgan fingerprint density at radius 3 is 1.67 bits per heavy atom. The van der Waals surface area contributed by atoms with Gasteiger partial charge in [-0.1, -0.05) is 121 Å². The van der Waals surface area contributed by atoms with Crippen LogP contribution >= 0.6 is 0 Å². The Morgan fingerprint density at radius 2 is 1.33 bits per heavy atom. The third-order valence-electron chi connectivity index (χ3n) is 5.24. The van der Waals surface area contributed by atoms with Crippen LogP contribution < -0.4 is 0 Å². The van der Waals surface area contributed by atoms with Gasteiger partial charge in [0.1, 0.15) is 0 Å². The lowest BCUT2D eigenvalue weighted by Gasteiger charge is -2.19. The lowest BCUT2D eigenvalue weighted by Crippen LogP contribution is -2.11. The maximum Gasteiger partial charge on any atom is -0.0132 e. The molecule has 0 aliphatic rings. The first kappa shape index (κ1) is 38.2. The Labute approximate surface area is 227 Å². The smallest absolute Gasteiger partial charge is 0.0132 e. The highest BCUT2D eigenvalue weighted by molar-refractivity contribution is 5.33. The van der Waals surface area contributed by atoms with Crippen molar-refractivity contribution >= 4 is 0 Å². The summed E-state index contributed by atoms with van der Waals surface area (Å²) in [5.74, 6) is 0. The van der Waals surface area contributed by atoms with Crippen LogP contribution in [0, 0.1) is 20.8 Å². The van der Waals surface area contributed by atoms with Gasteiger partial charge in [0.05, 0.1) is 0 Å². The maximum absolute atomic E-state index is 3.72. The number of allylic oxidation sites excluding steroid dienone is 4. The molecule has 0 heteroatoms. The van der Waals surface area contributed by atoms with Gasteiger partial charge >= 0.3 is 0 Å². The fourth-order valence-corrected chi connectivity index (χ4v) is 3.25. The maximum atomic E-state index is 3.72. The van der Waals surface area contributed by atoms with Crippen molar-refractivity contribution in [2.75, 3.05) is 0 Å². The Morgan fingerprint density at radius 1 is 0.833 bits per heavy atom. The van der Waals surface area contributed by atoms with Crippen molar-refractivity contribution in [2.45, 2.75) is 122 Å². The molecule has 204 valence electrons. The molecule has 0 radical (unpaired) electrons. The summed E-state index contributed by atoms with van der Waals surface area (Å²) in [6.45, 7) is 36.8. The summed E-state index contributed by atoms with van der Waals surface area (Å²) in [7, 11) is 0. The summed E-state index contributed by atoms with van der Waals surface area (Å²) >= 11 is 0. The first-order valence-electron chi connectivity index (χ1n) is 13.8. The zero-order valence-corrected chi connectivity index (χ0v) is 26.7. The summed E-state index contributed by atoms with van der Waals surface area (Å²) in [5, 5.41) is 0. The van der Waals surface area contributed by atoms with E-state index >= 15 is 0 Å². The lowest BCUT2D eigenvalue weighted by atomic mass is 9.85. The van der Waals surface area contributed by atoms with E-state index in [0.29, 0.717) is 0 Å². The summed E-state index contributed by atoms with van der Waals surface area (Å²) in [5.41, 5.74) is 11.3. The minimum atomic E-state index is 0.276. The average molecular weight is 493 g/mol. The molecule has 0 aromatic heterocycles. The highest BCUT2D eigenvalue weighted by Crippen LogP contribution is 2.23. The van der Waals surface area contributed by atoms with Gasteiger partial charge in [0.25, 0.3) is 0 Å². The fourth-order valence-electron chi connectivity index (χ4n) is 3.25. The molecule has 0 fully saturated rings. The van der Waals surface area contributed by atoms with Crippen molar-refractivity contribution in [3.8, 4) is 0 Å². The van der Waals surface area contributed by atoms with E-state index in [4.69, 9.17) is 0 Å². The topological polar surface area (TPSA) is 0 Å². The molecule has 2 aromatic rings. The Kier molecular flexibility index (Phi) is 23.2. The Bertz CT molecular complexity index is 881. The van der Waals surface area contributed by atoms with Crippen LogP contribution in [0.25, 0.3) is 0 Å². The zero-order chi connectivity index (χ0) is 28.9. The van der Waals surface area contributed by atoms with Gasteiger partial charge in [-0.3, -0.25) is 0 Å². The summed E-state index contributed by atoms with van der Waals surface area (Å²) in [4.78, 5) is 0. The normalized spacial score (nSPS) is 9.39. The molecule has 0 bridgehead atoms. The predicted molar refractivity (Wildman–Crippen MR) is 171 cm³/mol. The van der Waals surface area contributed by atoms with Crippen LogP contribution in [-0.4, -0.2) is 0 Å². The second kappa shape index (κ2) is 21.9. The second-order valence-electron chi connectivity index (χ2n) is 10.4. The summed E-state index contributed by atoms with van der Waals surface area (Å²) in [6.07, 6.45) is 7.42. The fraction of sp³-hybridized carbons (Fsp3) is 0.500. The number of hydrogen-bond acceptors (Lipinski definition) is 0. The molecule has 2 aromatic carbocycles. The van der Waals surface area contributed by atoms with E-state index < -0.39 is 0 Å². The quantitative estimate of drug-likeness (QED) is 0.294. The molecule has 0 heterocycles. The number of aryl methyl sites for hydroxylation is 5. The van der Waals surface area contributed by atoms with Crippen molar-refractivity contribution in [1.82, 2.24) is 0 Å². The predicted octanol–water partition coefficient (Wildman–Crippen LogP) is 11.9. The molecule has 0 N–H and O–H groups in total. The minimum Gasteiger partial charge on any atom is -0.103 e. The standard InChI is InChI=1S/2C12H18.C7H12.C3H6.C2H6/c1-9-6-7-11(8-10(9)2)12(3,4)5;1-4-6-11-8-7-10(3)12(5-2)9-11;1-6(2)5-7(3)4;1-3-2;1-2/h6-8H,1-5H3;7-9H,4-6H2,1-3H3;5H,1H2,2-4H3;3H,1H2,2H3;1-2H3. The van der Waals surface area contributed by atoms with Crippen LogP contribution in [0.2, 0.25) is 0 Å². The van der Waals surface area contributed by atoms with E-state index in [2.05, 4.69) is 125 Å². The molecule has 2 rings (SSSR count). The molecule has 0 saturated carbocycles. The van der Waals surface area contributed by atoms with Crippen LogP contribution in [0.3, 0.4) is 0 Å². The molecule has 0 aliphatic heterocycles. The highest BCUT2D eigenvalue weighted by Gasteiger charge is 2.13. The van der Waals surface area contributed by atoms with Crippen LogP contribution in [0.4, 0.5) is 0 Å². The molecule has 0 aliphatic carbocycles. The van der Waals surface area contributed by atoms with E-state index in [0.717, 1.165) is 12.0 Å². The summed E-state index contributed by atoms with van der Waals surface area (Å²) < 4.78 is 0. The van der Waals surface area contributed by atoms with Gasteiger partial charge in [-0.25, -0.2) is 0 Å². The van der Waals surface area contributed by atoms with Crippen molar-refractivity contribution in [3.05, 3.63) is 106 Å². The molecular formula is C36H60. The first-order valence-corrected chi connectivity index (χ1v) is 13.8. The van der Waals surface area contributed by atoms with Gasteiger partial charge in [0.15, 0.2) is 0 Å². The number of rotatable bonds is 4. The highest BCUT2D eigenvalue weighted by atomic mass is 14.2. The third-order valence-corrected chi connectivity index (χ3v) is 5.24. The molecule has 0 unspecified atom stereocenters. The molecule has 0 atom stereocenters. The van der Waals surface area contributed by atoms with E-state index in [1.807, 2.05) is 27.7 Å². The van der Waals surface area contributed by atoms with Crippen LogP contribution in [-0.2, 0) is 18.3 Å². The van der Waals surface area contributed by atoms with Crippen molar-refractivity contribution in [1.29, 1.82) is 0 Å². The zero-order valence-electron chi connectivity index (χ0n) is 26.7. The Balaban J connectivity index is -0.000000428. The van der Waals surface area contributed by atoms with Crippen molar-refractivity contribution in [2.24, 2.45) is 0 Å². The van der Waals surface area contributed by atoms with E-state index in [9.17, 15) is 0 Å². The molecule has 0 nitrogen and oxygen atoms in total. The minimum absolute atomic E-state index is 0.276. The molecular weight excluding hydrogens is 432 g/mol. The Hall–Kier alpha value is -2.34. The molecule has 36 heavy (non-hydrogen) atoms. The largest absolute Gasteiger partial charge is 0.103 e. The van der Waals surface area contributed by atoms with E-state index in [-0.39, 0.29) is 5.41 Å². The third kappa shape index (κ3) is 19.9.